The lowest BCUT2D eigenvalue weighted by molar-refractivity contribution is -0.385. The Kier molecular flexibility index (Phi) is 4.25. The van der Waals surface area contributed by atoms with E-state index in [9.17, 15) is 14.9 Å². The van der Waals surface area contributed by atoms with Crippen LogP contribution in [0.4, 0.5) is 10.8 Å². The van der Waals surface area contributed by atoms with Gasteiger partial charge in [-0.05, 0) is 24.8 Å². The zero-order valence-electron chi connectivity index (χ0n) is 10.5. The average molecular weight is 311 g/mol. The predicted molar refractivity (Wildman–Crippen MR) is 74.0 cm³/mol. The van der Waals surface area contributed by atoms with Crippen molar-refractivity contribution in [2.75, 3.05) is 5.32 Å². The van der Waals surface area contributed by atoms with Gasteiger partial charge in [0, 0.05) is 12.5 Å². The van der Waals surface area contributed by atoms with Crippen molar-refractivity contribution in [3.8, 4) is 0 Å². The molecule has 10 heteroatoms. The largest absolute Gasteiger partial charge is 0.301 e. The third-order valence-electron chi connectivity index (χ3n) is 2.14. The van der Waals surface area contributed by atoms with Crippen LogP contribution in [0, 0.1) is 17.0 Å². The van der Waals surface area contributed by atoms with Crippen LogP contribution in [0.3, 0.4) is 0 Å². The summed E-state index contributed by atoms with van der Waals surface area (Å²) in [5.74, 6) is -0.220. The molecule has 0 aliphatic heterocycles. The van der Waals surface area contributed by atoms with Crippen molar-refractivity contribution in [2.24, 2.45) is 0 Å². The lowest BCUT2D eigenvalue weighted by Crippen LogP contribution is -2.04. The number of aromatic nitrogens is 3. The summed E-state index contributed by atoms with van der Waals surface area (Å²) in [5.41, 5.74) is 0.504. The van der Waals surface area contributed by atoms with Gasteiger partial charge in [0.1, 0.15) is 11.2 Å². The van der Waals surface area contributed by atoms with Crippen LogP contribution in [0.2, 0.25) is 0 Å². The topological polar surface area (TPSA) is 111 Å². The Labute approximate surface area is 121 Å². The number of carbonyl (C=O) groups is 1. The molecular formula is C10H9N5O3S2. The fourth-order valence-electron chi connectivity index (χ4n) is 1.31. The smallest absolute Gasteiger partial charge is 0.290 e. The molecular weight excluding hydrogens is 302 g/mol. The number of pyridine rings is 1. The van der Waals surface area contributed by atoms with Crippen LogP contribution in [-0.4, -0.2) is 26.0 Å². The van der Waals surface area contributed by atoms with Gasteiger partial charge in [-0.1, -0.05) is 11.3 Å². The summed E-state index contributed by atoms with van der Waals surface area (Å²) in [6, 6.07) is 1.61. The maximum atomic E-state index is 10.9. The number of aryl methyl sites for hydroxylation is 1. The Balaban J connectivity index is 2.14. The quantitative estimate of drug-likeness (QED) is 0.523. The number of anilines is 1. The van der Waals surface area contributed by atoms with E-state index in [1.54, 1.807) is 13.0 Å². The van der Waals surface area contributed by atoms with Crippen LogP contribution < -0.4 is 5.32 Å². The van der Waals surface area contributed by atoms with E-state index in [0.29, 0.717) is 20.1 Å². The van der Waals surface area contributed by atoms with Gasteiger partial charge in [-0.25, -0.2) is 4.98 Å². The summed E-state index contributed by atoms with van der Waals surface area (Å²) in [6.45, 7) is 3.03. The van der Waals surface area contributed by atoms with E-state index in [-0.39, 0.29) is 11.6 Å². The molecule has 0 unspecified atom stereocenters. The minimum absolute atomic E-state index is 0.0226. The van der Waals surface area contributed by atoms with Crippen molar-refractivity contribution in [3.63, 3.8) is 0 Å². The zero-order valence-corrected chi connectivity index (χ0v) is 12.1. The highest BCUT2D eigenvalue weighted by molar-refractivity contribution is 8.01. The van der Waals surface area contributed by atoms with E-state index in [1.807, 2.05) is 0 Å². The van der Waals surface area contributed by atoms with Crippen molar-refractivity contribution in [1.29, 1.82) is 0 Å². The first-order chi connectivity index (χ1) is 9.45. The Hall–Kier alpha value is -2.07. The van der Waals surface area contributed by atoms with Gasteiger partial charge in [0.05, 0.1) is 4.92 Å². The SMILES string of the molecule is CC(=O)Nc1nnc(Sc2cc(C)c([N+](=O)[O-])cn2)s1. The van der Waals surface area contributed by atoms with Gasteiger partial charge in [0.25, 0.3) is 5.69 Å². The van der Waals surface area contributed by atoms with Crippen LogP contribution in [0.1, 0.15) is 12.5 Å². The summed E-state index contributed by atoms with van der Waals surface area (Å²) in [6.07, 6.45) is 1.22. The molecule has 20 heavy (non-hydrogen) atoms. The van der Waals surface area contributed by atoms with E-state index in [0.717, 1.165) is 0 Å². The Morgan fingerprint density at radius 1 is 1.50 bits per heavy atom. The van der Waals surface area contributed by atoms with Crippen molar-refractivity contribution in [3.05, 3.63) is 27.9 Å². The second kappa shape index (κ2) is 5.92. The molecule has 0 radical (unpaired) electrons. The molecule has 0 saturated heterocycles. The van der Waals surface area contributed by atoms with Crippen LogP contribution >= 0.6 is 23.1 Å². The van der Waals surface area contributed by atoms with Crippen LogP contribution in [0.25, 0.3) is 0 Å². The molecule has 2 aromatic heterocycles. The Morgan fingerprint density at radius 3 is 2.85 bits per heavy atom. The van der Waals surface area contributed by atoms with Gasteiger partial charge in [-0.2, -0.15) is 0 Å². The van der Waals surface area contributed by atoms with Gasteiger partial charge >= 0.3 is 0 Å². The normalized spacial score (nSPS) is 10.3. The van der Waals surface area contributed by atoms with Crippen molar-refractivity contribution in [1.82, 2.24) is 15.2 Å². The first-order valence-electron chi connectivity index (χ1n) is 5.35. The molecule has 0 atom stereocenters. The molecule has 1 N–H and O–H groups in total. The van der Waals surface area contributed by atoms with Crippen LogP contribution in [-0.2, 0) is 4.79 Å². The van der Waals surface area contributed by atoms with Crippen LogP contribution in [0.15, 0.2) is 21.6 Å². The molecule has 0 fully saturated rings. The molecule has 0 saturated carbocycles. The highest BCUT2D eigenvalue weighted by Crippen LogP contribution is 2.32. The van der Waals surface area contributed by atoms with Gasteiger partial charge in [0.2, 0.25) is 11.0 Å². The third-order valence-corrected chi connectivity index (χ3v) is 3.96. The molecule has 2 heterocycles. The molecule has 0 aromatic carbocycles. The van der Waals surface area contributed by atoms with Gasteiger partial charge in [-0.15, -0.1) is 10.2 Å². The monoisotopic (exact) mass is 311 g/mol. The maximum absolute atomic E-state index is 10.9. The van der Waals surface area contributed by atoms with Crippen LogP contribution in [0.5, 0.6) is 0 Å². The molecule has 0 aliphatic rings. The first kappa shape index (κ1) is 14.3. The van der Waals surface area contributed by atoms with Gasteiger partial charge < -0.3 is 5.32 Å². The third kappa shape index (κ3) is 3.48. The molecule has 0 spiro atoms. The zero-order chi connectivity index (χ0) is 14.7. The van der Waals surface area contributed by atoms with Crippen molar-refractivity contribution < 1.29 is 9.72 Å². The molecule has 0 aliphatic carbocycles. The predicted octanol–water partition coefficient (Wildman–Crippen LogP) is 2.26. The minimum Gasteiger partial charge on any atom is -0.301 e. The number of hydrogen-bond donors (Lipinski definition) is 1. The number of carbonyl (C=O) groups excluding carboxylic acids is 1. The van der Waals surface area contributed by atoms with E-state index in [2.05, 4.69) is 20.5 Å². The molecule has 8 nitrogen and oxygen atoms in total. The van der Waals surface area contributed by atoms with E-state index >= 15 is 0 Å². The Morgan fingerprint density at radius 2 is 2.25 bits per heavy atom. The number of nitrogens with zero attached hydrogens (tertiary/aromatic N) is 4. The van der Waals surface area contributed by atoms with E-state index in [4.69, 9.17) is 0 Å². The minimum atomic E-state index is -0.476. The van der Waals surface area contributed by atoms with E-state index in [1.165, 1.54) is 36.2 Å². The van der Waals surface area contributed by atoms with Crippen molar-refractivity contribution >= 4 is 39.8 Å². The maximum Gasteiger partial charge on any atom is 0.290 e. The number of nitro groups is 1. The molecule has 2 aromatic rings. The molecule has 1 amide bonds. The highest BCUT2D eigenvalue weighted by atomic mass is 32.2. The lowest BCUT2D eigenvalue weighted by Gasteiger charge is -1.99. The second-order valence-corrected chi connectivity index (χ2v) is 5.97. The summed E-state index contributed by atoms with van der Waals surface area (Å²) in [5, 5.41) is 21.9. The first-order valence-corrected chi connectivity index (χ1v) is 6.99. The summed E-state index contributed by atoms with van der Waals surface area (Å²) < 4.78 is 0.592. The van der Waals surface area contributed by atoms with E-state index < -0.39 is 4.92 Å². The standard InChI is InChI=1S/C10H9N5O3S2/c1-5-3-8(11-4-7(5)15(17)18)19-10-14-13-9(20-10)12-6(2)16/h3-4H,1-2H3,(H,12,13,16). The number of nitrogens with one attached hydrogen (secondary N) is 1. The fourth-order valence-corrected chi connectivity index (χ4v) is 3.10. The Bertz CT molecular complexity index is 673. The van der Waals surface area contributed by atoms with Gasteiger partial charge in [-0.3, -0.25) is 14.9 Å². The summed E-state index contributed by atoms with van der Waals surface area (Å²) >= 11 is 2.44. The number of hydrogen-bond acceptors (Lipinski definition) is 8. The van der Waals surface area contributed by atoms with Crippen molar-refractivity contribution in [2.45, 2.75) is 23.2 Å². The molecule has 2 rings (SSSR count). The fraction of sp³-hybridized carbons (Fsp3) is 0.200. The second-order valence-electron chi connectivity index (χ2n) is 3.72. The summed E-state index contributed by atoms with van der Waals surface area (Å²) in [4.78, 5) is 25.1. The average Bonchev–Trinajstić information content (AvgIpc) is 2.75. The summed E-state index contributed by atoms with van der Waals surface area (Å²) in [7, 11) is 0. The van der Waals surface area contributed by atoms with Gasteiger partial charge in [0.15, 0.2) is 4.34 Å². The lowest BCUT2D eigenvalue weighted by atomic mass is 10.3. The molecule has 104 valence electrons. The number of amides is 1. The highest BCUT2D eigenvalue weighted by Gasteiger charge is 2.13. The molecule has 0 bridgehead atoms. The number of rotatable bonds is 4.